The maximum Gasteiger partial charge on any atom is 0.226 e. The van der Waals surface area contributed by atoms with Crippen molar-refractivity contribution in [1.82, 2.24) is 9.78 Å². The van der Waals surface area contributed by atoms with Crippen molar-refractivity contribution in [3.8, 4) is 5.69 Å². The SMILES string of the molecule is Cc1nn(-c2ccc(F)cc2)c2c1C(C(=O)c1ccc(Cl)s1)CC(=O)N2. The molecule has 3 heterocycles. The molecule has 26 heavy (non-hydrogen) atoms. The zero-order valence-corrected chi connectivity index (χ0v) is 15.2. The number of carbonyl (C=O) groups excluding carboxylic acids is 2. The van der Waals surface area contributed by atoms with Crippen LogP contribution in [0.2, 0.25) is 4.34 Å². The Morgan fingerprint density at radius 2 is 2.04 bits per heavy atom. The van der Waals surface area contributed by atoms with Crippen LogP contribution in [0.25, 0.3) is 5.69 Å². The van der Waals surface area contributed by atoms with Crippen LogP contribution < -0.4 is 5.32 Å². The number of Topliss-reactive ketones (excluding diaryl/α,β-unsaturated/α-hetero) is 1. The smallest absolute Gasteiger partial charge is 0.226 e. The molecule has 1 unspecified atom stereocenters. The average molecular weight is 390 g/mol. The molecule has 1 amide bonds. The lowest BCUT2D eigenvalue weighted by atomic mass is 9.87. The summed E-state index contributed by atoms with van der Waals surface area (Å²) in [5.74, 6) is -0.950. The number of hydrogen-bond acceptors (Lipinski definition) is 4. The highest BCUT2D eigenvalue weighted by Crippen LogP contribution is 2.39. The van der Waals surface area contributed by atoms with Gasteiger partial charge in [0.2, 0.25) is 5.91 Å². The van der Waals surface area contributed by atoms with Gasteiger partial charge in [-0.15, -0.1) is 11.3 Å². The van der Waals surface area contributed by atoms with Crippen LogP contribution in [-0.2, 0) is 4.79 Å². The number of halogens is 2. The monoisotopic (exact) mass is 389 g/mol. The fourth-order valence-electron chi connectivity index (χ4n) is 3.16. The Morgan fingerprint density at radius 3 is 2.69 bits per heavy atom. The summed E-state index contributed by atoms with van der Waals surface area (Å²) in [6.45, 7) is 1.79. The van der Waals surface area contributed by atoms with Gasteiger partial charge >= 0.3 is 0 Å². The lowest BCUT2D eigenvalue weighted by Crippen LogP contribution is -2.28. The highest BCUT2D eigenvalue weighted by Gasteiger charge is 2.36. The van der Waals surface area contributed by atoms with E-state index < -0.39 is 5.92 Å². The minimum absolute atomic E-state index is 0.0529. The molecule has 3 aromatic rings. The summed E-state index contributed by atoms with van der Waals surface area (Å²) >= 11 is 7.13. The lowest BCUT2D eigenvalue weighted by molar-refractivity contribution is -0.116. The molecule has 132 valence electrons. The Morgan fingerprint density at radius 1 is 1.31 bits per heavy atom. The van der Waals surface area contributed by atoms with Gasteiger partial charge in [-0.2, -0.15) is 5.10 Å². The second-order valence-electron chi connectivity index (χ2n) is 6.01. The number of nitrogens with one attached hydrogen (secondary N) is 1. The Labute approximate surface area is 157 Å². The van der Waals surface area contributed by atoms with Gasteiger partial charge in [0.05, 0.1) is 26.5 Å². The van der Waals surface area contributed by atoms with Crippen molar-refractivity contribution in [2.75, 3.05) is 5.32 Å². The molecule has 1 aliphatic heterocycles. The molecule has 0 saturated heterocycles. The van der Waals surface area contributed by atoms with Crippen LogP contribution in [0.5, 0.6) is 0 Å². The van der Waals surface area contributed by atoms with Crippen LogP contribution in [0.15, 0.2) is 36.4 Å². The van der Waals surface area contributed by atoms with E-state index in [4.69, 9.17) is 11.6 Å². The van der Waals surface area contributed by atoms with E-state index in [2.05, 4.69) is 10.4 Å². The van der Waals surface area contributed by atoms with E-state index in [0.717, 1.165) is 0 Å². The number of aromatic nitrogens is 2. The Kier molecular flexibility index (Phi) is 4.13. The molecule has 5 nitrogen and oxygen atoms in total. The molecular weight excluding hydrogens is 377 g/mol. The summed E-state index contributed by atoms with van der Waals surface area (Å²) in [5.41, 5.74) is 1.93. The molecule has 0 bridgehead atoms. The number of benzene rings is 1. The molecule has 2 aromatic heterocycles. The van der Waals surface area contributed by atoms with Gasteiger partial charge in [-0.05, 0) is 43.3 Å². The molecule has 1 N–H and O–H groups in total. The number of carbonyl (C=O) groups is 2. The number of anilines is 1. The zero-order valence-electron chi connectivity index (χ0n) is 13.6. The summed E-state index contributed by atoms with van der Waals surface area (Å²) in [4.78, 5) is 25.7. The number of fused-ring (bicyclic) bond motifs is 1. The number of amides is 1. The molecule has 0 aliphatic carbocycles. The van der Waals surface area contributed by atoms with Gasteiger partial charge in [0, 0.05) is 12.0 Å². The number of rotatable bonds is 3. The first-order valence-electron chi connectivity index (χ1n) is 7.89. The van der Waals surface area contributed by atoms with E-state index in [1.807, 2.05) is 0 Å². The van der Waals surface area contributed by atoms with Crippen molar-refractivity contribution in [3.63, 3.8) is 0 Å². The van der Waals surface area contributed by atoms with Gasteiger partial charge in [0.1, 0.15) is 11.6 Å². The van der Waals surface area contributed by atoms with Gasteiger partial charge < -0.3 is 5.32 Å². The summed E-state index contributed by atoms with van der Waals surface area (Å²) in [5, 5.41) is 7.26. The topological polar surface area (TPSA) is 64.0 Å². The standard InChI is InChI=1S/C18H13ClFN3O2S/c1-9-16-12(17(25)13-6-7-14(19)26-13)8-15(24)21-18(16)23(22-9)11-4-2-10(20)3-5-11/h2-7,12H,8H2,1H3,(H,21,24). The maximum absolute atomic E-state index is 13.2. The van der Waals surface area contributed by atoms with E-state index in [1.54, 1.807) is 31.2 Å². The fourth-order valence-corrected chi connectivity index (χ4v) is 4.20. The van der Waals surface area contributed by atoms with Crippen molar-refractivity contribution >= 4 is 40.4 Å². The minimum Gasteiger partial charge on any atom is -0.310 e. The third-order valence-electron chi connectivity index (χ3n) is 4.31. The molecule has 0 spiro atoms. The van der Waals surface area contributed by atoms with Crippen LogP contribution >= 0.6 is 22.9 Å². The predicted octanol–water partition coefficient (Wildman–Crippen LogP) is 4.34. The van der Waals surface area contributed by atoms with E-state index in [9.17, 15) is 14.0 Å². The molecule has 1 aromatic carbocycles. The number of thiophene rings is 1. The van der Waals surface area contributed by atoms with E-state index in [0.29, 0.717) is 32.0 Å². The van der Waals surface area contributed by atoms with E-state index in [-0.39, 0.29) is 23.9 Å². The highest BCUT2D eigenvalue weighted by molar-refractivity contribution is 7.18. The van der Waals surface area contributed by atoms with Gasteiger partial charge in [-0.1, -0.05) is 11.6 Å². The Bertz CT molecular complexity index is 1030. The molecule has 0 saturated carbocycles. The van der Waals surface area contributed by atoms with Crippen LogP contribution in [-0.4, -0.2) is 21.5 Å². The van der Waals surface area contributed by atoms with Crippen molar-refractivity contribution in [2.24, 2.45) is 0 Å². The second-order valence-corrected chi connectivity index (χ2v) is 7.72. The van der Waals surface area contributed by atoms with Crippen molar-refractivity contribution in [3.05, 3.63) is 62.7 Å². The molecule has 8 heteroatoms. The largest absolute Gasteiger partial charge is 0.310 e. The molecule has 4 rings (SSSR count). The lowest BCUT2D eigenvalue weighted by Gasteiger charge is -2.22. The number of hydrogen-bond donors (Lipinski definition) is 1. The number of ketones is 1. The molecule has 0 fully saturated rings. The van der Waals surface area contributed by atoms with Gasteiger partial charge in [-0.25, -0.2) is 9.07 Å². The van der Waals surface area contributed by atoms with Crippen LogP contribution in [0.1, 0.15) is 33.3 Å². The zero-order chi connectivity index (χ0) is 18.4. The highest BCUT2D eigenvalue weighted by atomic mass is 35.5. The number of nitrogens with zero attached hydrogens (tertiary/aromatic N) is 2. The Hall–Kier alpha value is -2.51. The Balaban J connectivity index is 1.82. The van der Waals surface area contributed by atoms with Gasteiger partial charge in [0.15, 0.2) is 5.78 Å². The second kappa shape index (κ2) is 6.34. The summed E-state index contributed by atoms with van der Waals surface area (Å²) in [7, 11) is 0. The predicted molar refractivity (Wildman–Crippen MR) is 97.9 cm³/mol. The molecular formula is C18H13ClFN3O2S. The summed E-state index contributed by atoms with van der Waals surface area (Å²) in [6.07, 6.45) is 0.0529. The fraction of sp³-hybridized carbons (Fsp3) is 0.167. The third-order valence-corrected chi connectivity index (χ3v) is 5.55. The van der Waals surface area contributed by atoms with Crippen LogP contribution in [0.3, 0.4) is 0 Å². The normalized spacial score (nSPS) is 16.3. The molecule has 1 aliphatic rings. The maximum atomic E-state index is 13.2. The first-order chi connectivity index (χ1) is 12.4. The number of aryl methyl sites for hydroxylation is 1. The molecule has 0 radical (unpaired) electrons. The van der Waals surface area contributed by atoms with Crippen LogP contribution in [0, 0.1) is 12.7 Å². The van der Waals surface area contributed by atoms with Gasteiger partial charge in [0.25, 0.3) is 0 Å². The van der Waals surface area contributed by atoms with Crippen molar-refractivity contribution in [1.29, 1.82) is 0 Å². The third kappa shape index (κ3) is 2.83. The summed E-state index contributed by atoms with van der Waals surface area (Å²) in [6, 6.07) is 9.11. The quantitative estimate of drug-likeness (QED) is 0.677. The first kappa shape index (κ1) is 16.9. The first-order valence-corrected chi connectivity index (χ1v) is 9.08. The van der Waals surface area contributed by atoms with Crippen molar-refractivity contribution in [2.45, 2.75) is 19.3 Å². The van der Waals surface area contributed by atoms with Crippen LogP contribution in [0.4, 0.5) is 10.2 Å². The summed E-state index contributed by atoms with van der Waals surface area (Å²) < 4.78 is 15.3. The molecule has 1 atom stereocenters. The average Bonchev–Trinajstić information content (AvgIpc) is 3.18. The van der Waals surface area contributed by atoms with Crippen molar-refractivity contribution < 1.29 is 14.0 Å². The van der Waals surface area contributed by atoms with Gasteiger partial charge in [-0.3, -0.25) is 9.59 Å². The van der Waals surface area contributed by atoms with E-state index in [1.165, 1.54) is 28.2 Å². The minimum atomic E-state index is -0.623. The van der Waals surface area contributed by atoms with E-state index >= 15 is 0 Å².